The normalized spacial score (nSPS) is 19.2. The average molecular weight is 520 g/mol. The summed E-state index contributed by atoms with van der Waals surface area (Å²) in [5.74, 6) is 0.604. The highest BCUT2D eigenvalue weighted by Crippen LogP contribution is 2.30. The Balaban J connectivity index is 1.36. The highest BCUT2D eigenvalue weighted by Gasteiger charge is 2.29. The third-order valence-electron chi connectivity index (χ3n) is 7.13. The molecule has 2 fully saturated rings. The summed E-state index contributed by atoms with van der Waals surface area (Å²) < 4.78 is 10.6. The summed E-state index contributed by atoms with van der Waals surface area (Å²) >= 11 is 0. The van der Waals surface area contributed by atoms with Crippen LogP contribution in [0.2, 0.25) is 0 Å². The number of hydrogen-bond donors (Lipinski definition) is 1. The number of carbonyl (C=O) groups is 3. The molecule has 0 aliphatic carbocycles. The molecule has 1 atom stereocenters. The summed E-state index contributed by atoms with van der Waals surface area (Å²) in [5.41, 5.74) is 2.80. The highest BCUT2D eigenvalue weighted by molar-refractivity contribution is 6.02. The average Bonchev–Trinajstić information content (AvgIpc) is 3.43. The Hall–Kier alpha value is -4.08. The number of aldehydes is 1. The van der Waals surface area contributed by atoms with Crippen LogP contribution in [0, 0.1) is 11.3 Å². The standard InChI is InChI=1S/C26H29N7O5/c1-37-20-4-6-31(14-20)22-10-23(28-12-19(22)11-27)30-26(36)33-5-2-3-17-9-18(21(15-34)29-25(17)33)13-32-7-8-38-16-24(32)35/h9-10,12,15,20H,2-8,13-14,16H2,1H3,(H,28,30,36)/t20-/m1/s1. The molecule has 5 heterocycles. The molecule has 0 saturated carbocycles. The topological polar surface area (TPSA) is 141 Å². The quantitative estimate of drug-likeness (QED) is 0.565. The van der Waals surface area contributed by atoms with Gasteiger partial charge in [-0.05, 0) is 30.9 Å². The first kappa shape index (κ1) is 25.6. The molecule has 3 amide bonds. The Morgan fingerprint density at radius 1 is 1.34 bits per heavy atom. The number of nitriles is 1. The number of aromatic nitrogens is 2. The number of nitrogens with one attached hydrogen (secondary N) is 1. The van der Waals surface area contributed by atoms with Crippen molar-refractivity contribution in [3.63, 3.8) is 0 Å². The number of fused-ring (bicyclic) bond motifs is 1. The van der Waals surface area contributed by atoms with Crippen molar-refractivity contribution in [2.24, 2.45) is 0 Å². The van der Waals surface area contributed by atoms with Gasteiger partial charge in [-0.25, -0.2) is 14.8 Å². The van der Waals surface area contributed by atoms with Crippen LogP contribution in [0.3, 0.4) is 0 Å². The van der Waals surface area contributed by atoms with Crippen LogP contribution in [-0.2, 0) is 27.2 Å². The molecule has 2 aromatic rings. The van der Waals surface area contributed by atoms with E-state index in [9.17, 15) is 19.6 Å². The number of amides is 3. The summed E-state index contributed by atoms with van der Waals surface area (Å²) in [6.07, 6.45) is 4.46. The summed E-state index contributed by atoms with van der Waals surface area (Å²) in [4.78, 5) is 51.4. The van der Waals surface area contributed by atoms with Crippen molar-refractivity contribution >= 4 is 35.5 Å². The van der Waals surface area contributed by atoms with Gasteiger partial charge in [0.05, 0.1) is 24.0 Å². The van der Waals surface area contributed by atoms with Crippen molar-refractivity contribution in [2.45, 2.75) is 31.9 Å². The second-order valence-electron chi connectivity index (χ2n) is 9.48. The molecular weight excluding hydrogens is 490 g/mol. The third kappa shape index (κ3) is 5.16. The van der Waals surface area contributed by atoms with E-state index in [-0.39, 0.29) is 30.9 Å². The maximum absolute atomic E-state index is 13.3. The number of morpholine rings is 1. The summed E-state index contributed by atoms with van der Waals surface area (Å²) in [6, 6.07) is 5.31. The maximum atomic E-state index is 13.3. The molecule has 0 unspecified atom stereocenters. The molecular formula is C26H29N7O5. The molecule has 198 valence electrons. The van der Waals surface area contributed by atoms with Crippen LogP contribution in [-0.4, -0.2) is 85.7 Å². The molecule has 2 saturated heterocycles. The minimum absolute atomic E-state index is 0.0263. The SMILES string of the molecule is CO[C@@H]1CCN(c2cc(NC(=O)N3CCCc4cc(CN5CCOCC5=O)c(C=O)nc43)ncc2C#N)C1. The van der Waals surface area contributed by atoms with Crippen molar-refractivity contribution in [3.8, 4) is 6.07 Å². The molecule has 12 heteroatoms. The molecule has 3 aliphatic rings. The van der Waals surface area contributed by atoms with Gasteiger partial charge >= 0.3 is 6.03 Å². The molecule has 5 rings (SSSR count). The number of ether oxygens (including phenoxy) is 2. The second-order valence-corrected chi connectivity index (χ2v) is 9.48. The van der Waals surface area contributed by atoms with Gasteiger partial charge in [0.15, 0.2) is 6.29 Å². The lowest BCUT2D eigenvalue weighted by Gasteiger charge is -2.31. The number of carbonyl (C=O) groups excluding carboxylic acids is 3. The van der Waals surface area contributed by atoms with E-state index >= 15 is 0 Å². The molecule has 1 N–H and O–H groups in total. The van der Waals surface area contributed by atoms with Crippen molar-refractivity contribution in [1.82, 2.24) is 14.9 Å². The van der Waals surface area contributed by atoms with Crippen LogP contribution in [0.15, 0.2) is 18.3 Å². The van der Waals surface area contributed by atoms with E-state index < -0.39 is 6.03 Å². The first-order chi connectivity index (χ1) is 18.5. The van der Waals surface area contributed by atoms with Gasteiger partial charge in [-0.15, -0.1) is 0 Å². The Morgan fingerprint density at radius 2 is 2.21 bits per heavy atom. The molecule has 2 aromatic heterocycles. The lowest BCUT2D eigenvalue weighted by Crippen LogP contribution is -2.42. The zero-order valence-corrected chi connectivity index (χ0v) is 21.2. The first-order valence-corrected chi connectivity index (χ1v) is 12.6. The fourth-order valence-corrected chi connectivity index (χ4v) is 5.08. The lowest BCUT2D eigenvalue weighted by molar-refractivity contribution is -0.143. The first-order valence-electron chi connectivity index (χ1n) is 12.6. The molecule has 0 aromatic carbocycles. The predicted molar refractivity (Wildman–Crippen MR) is 137 cm³/mol. The number of hydrogen-bond acceptors (Lipinski definition) is 9. The van der Waals surface area contributed by atoms with Crippen molar-refractivity contribution < 1.29 is 23.9 Å². The van der Waals surface area contributed by atoms with Gasteiger partial charge in [-0.1, -0.05) is 0 Å². The Morgan fingerprint density at radius 3 is 2.95 bits per heavy atom. The van der Waals surface area contributed by atoms with Crippen molar-refractivity contribution in [3.05, 3.63) is 40.7 Å². The number of methoxy groups -OCH3 is 1. The van der Waals surface area contributed by atoms with Crippen LogP contribution < -0.4 is 15.1 Å². The Bertz CT molecular complexity index is 1290. The van der Waals surface area contributed by atoms with Crippen molar-refractivity contribution in [1.29, 1.82) is 5.26 Å². The molecule has 3 aliphatic heterocycles. The van der Waals surface area contributed by atoms with Gasteiger partial charge < -0.3 is 19.3 Å². The summed E-state index contributed by atoms with van der Waals surface area (Å²) in [5, 5.41) is 12.4. The smallest absolute Gasteiger partial charge is 0.328 e. The number of pyridine rings is 2. The fraction of sp³-hybridized carbons (Fsp3) is 0.462. The number of rotatable bonds is 6. The molecule has 0 bridgehead atoms. The Kier molecular flexibility index (Phi) is 7.48. The van der Waals surface area contributed by atoms with Crippen LogP contribution >= 0.6 is 0 Å². The fourth-order valence-electron chi connectivity index (χ4n) is 5.08. The second kappa shape index (κ2) is 11.1. The van der Waals surface area contributed by atoms with Gasteiger partial charge in [-0.3, -0.25) is 19.8 Å². The van der Waals surface area contributed by atoms with E-state index in [1.807, 2.05) is 6.07 Å². The van der Waals surface area contributed by atoms with E-state index in [0.29, 0.717) is 67.4 Å². The van der Waals surface area contributed by atoms with E-state index in [0.717, 1.165) is 24.9 Å². The maximum Gasteiger partial charge on any atom is 0.328 e. The number of nitrogens with zero attached hydrogens (tertiary/aromatic N) is 6. The monoisotopic (exact) mass is 519 g/mol. The minimum Gasteiger partial charge on any atom is -0.380 e. The third-order valence-corrected chi connectivity index (χ3v) is 7.13. The van der Waals surface area contributed by atoms with Crippen LogP contribution in [0.25, 0.3) is 0 Å². The molecule has 0 spiro atoms. The van der Waals surface area contributed by atoms with Crippen molar-refractivity contribution in [2.75, 3.05) is 61.6 Å². The molecule has 38 heavy (non-hydrogen) atoms. The van der Waals surface area contributed by atoms with Gasteiger partial charge in [-0.2, -0.15) is 5.26 Å². The van der Waals surface area contributed by atoms with Gasteiger partial charge in [0.1, 0.15) is 30.0 Å². The Labute approximate surface area is 220 Å². The van der Waals surface area contributed by atoms with Crippen LogP contribution in [0.1, 0.15) is 40.0 Å². The zero-order chi connectivity index (χ0) is 26.6. The molecule has 0 radical (unpaired) electrons. The van der Waals surface area contributed by atoms with E-state index in [1.54, 1.807) is 18.1 Å². The number of anilines is 3. The lowest BCUT2D eigenvalue weighted by atomic mass is 10.0. The largest absolute Gasteiger partial charge is 0.380 e. The molecule has 12 nitrogen and oxygen atoms in total. The number of urea groups is 1. The predicted octanol–water partition coefficient (Wildman–Crippen LogP) is 1.73. The van der Waals surface area contributed by atoms with E-state index in [2.05, 4.69) is 26.3 Å². The van der Waals surface area contributed by atoms with Crippen LogP contribution in [0.5, 0.6) is 0 Å². The van der Waals surface area contributed by atoms with E-state index in [4.69, 9.17) is 9.47 Å². The van der Waals surface area contributed by atoms with E-state index in [1.165, 1.54) is 11.1 Å². The van der Waals surface area contributed by atoms with Crippen LogP contribution in [0.4, 0.5) is 22.1 Å². The van der Waals surface area contributed by atoms with Gasteiger partial charge in [0.25, 0.3) is 0 Å². The van der Waals surface area contributed by atoms with Gasteiger partial charge in [0.2, 0.25) is 5.91 Å². The minimum atomic E-state index is -0.425. The zero-order valence-electron chi connectivity index (χ0n) is 21.2. The summed E-state index contributed by atoms with van der Waals surface area (Å²) in [7, 11) is 1.67. The number of aryl methyl sites for hydroxylation is 1. The summed E-state index contributed by atoms with van der Waals surface area (Å²) in [6.45, 7) is 3.01. The highest BCUT2D eigenvalue weighted by atomic mass is 16.5. The van der Waals surface area contributed by atoms with Gasteiger partial charge in [0, 0.05) is 57.7 Å².